The van der Waals surface area contributed by atoms with Crippen molar-refractivity contribution in [2.45, 2.75) is 32.2 Å². The number of rotatable bonds is 1. The van der Waals surface area contributed by atoms with E-state index in [2.05, 4.69) is 0 Å². The van der Waals surface area contributed by atoms with E-state index in [4.69, 9.17) is 14.8 Å². The first-order chi connectivity index (χ1) is 5.04. The van der Waals surface area contributed by atoms with Crippen LogP contribution in [0.3, 0.4) is 0 Å². The molecule has 2 N–H and O–H groups in total. The van der Waals surface area contributed by atoms with Crippen molar-refractivity contribution >= 4 is 7.60 Å². The minimum Gasteiger partial charge on any atom is -0.308 e. The summed E-state index contributed by atoms with van der Waals surface area (Å²) >= 11 is 0. The summed E-state index contributed by atoms with van der Waals surface area (Å²) in [5, 5.41) is 0. The van der Waals surface area contributed by atoms with Crippen LogP contribution >= 0.6 is 7.60 Å². The van der Waals surface area contributed by atoms with Crippen molar-refractivity contribution in [3.8, 4) is 0 Å². The van der Waals surface area contributed by atoms with Gasteiger partial charge in [0.05, 0.1) is 12.3 Å². The first kappa shape index (κ1) is 9.20. The Morgan fingerprint density at radius 2 is 2.27 bits per heavy atom. The van der Waals surface area contributed by atoms with Crippen molar-refractivity contribution in [1.29, 1.82) is 0 Å². The molecule has 0 aromatic carbocycles. The zero-order chi connectivity index (χ0) is 8.48. The predicted molar refractivity (Wildman–Crippen MR) is 42.4 cm³/mol. The fraction of sp³-hybridized carbons (Fsp3) is 1.00. The van der Waals surface area contributed by atoms with Crippen molar-refractivity contribution in [2.75, 3.05) is 6.61 Å². The fourth-order valence-electron chi connectivity index (χ4n) is 0.839. The molecule has 11 heavy (non-hydrogen) atoms. The third-order valence-corrected chi connectivity index (χ3v) is 3.96. The van der Waals surface area contributed by atoms with E-state index in [-0.39, 0.29) is 5.66 Å². The second kappa shape index (κ2) is 3.23. The lowest BCUT2D eigenvalue weighted by Gasteiger charge is -2.29. The summed E-state index contributed by atoms with van der Waals surface area (Å²) in [6, 6.07) is 0. The lowest BCUT2D eigenvalue weighted by Crippen LogP contribution is -2.30. The molecule has 1 fully saturated rings. The lowest BCUT2D eigenvalue weighted by molar-refractivity contribution is 0.0822. The first-order valence-electron chi connectivity index (χ1n) is 3.73. The van der Waals surface area contributed by atoms with Gasteiger partial charge in [-0.1, -0.05) is 13.8 Å². The summed E-state index contributed by atoms with van der Waals surface area (Å²) in [7, 11) is -2.87. The summed E-state index contributed by atoms with van der Waals surface area (Å²) in [6.07, 6.45) is 0.202. The minimum atomic E-state index is -2.87. The third-order valence-electron chi connectivity index (χ3n) is 1.59. The van der Waals surface area contributed by atoms with Gasteiger partial charge in [-0.25, -0.2) is 0 Å². The number of hydrogen-bond acceptors (Lipinski definition) is 4. The Hall–Kier alpha value is 0.110. The zero-order valence-corrected chi connectivity index (χ0v) is 7.71. The van der Waals surface area contributed by atoms with Gasteiger partial charge in [0.2, 0.25) is 0 Å². The molecule has 0 bridgehead atoms. The van der Waals surface area contributed by atoms with E-state index in [1.165, 1.54) is 0 Å². The number of nitrogens with two attached hydrogens (primary N) is 1. The Morgan fingerprint density at radius 1 is 1.64 bits per heavy atom. The maximum absolute atomic E-state index is 11.6. The minimum absolute atomic E-state index is 0.103. The van der Waals surface area contributed by atoms with Gasteiger partial charge in [0.1, 0.15) is 6.23 Å². The molecular weight excluding hydrogens is 165 g/mol. The molecule has 0 aliphatic carbocycles. The maximum Gasteiger partial charge on any atom is 0.334 e. The van der Waals surface area contributed by atoms with E-state index < -0.39 is 13.8 Å². The lowest BCUT2D eigenvalue weighted by atomic mass is 10.4. The van der Waals surface area contributed by atoms with Crippen LogP contribution in [0.5, 0.6) is 0 Å². The molecular formula is C6H14NO3P. The second-order valence-electron chi connectivity index (χ2n) is 2.90. The van der Waals surface area contributed by atoms with Gasteiger partial charge in [-0.2, -0.15) is 0 Å². The summed E-state index contributed by atoms with van der Waals surface area (Å²) in [6.45, 7) is 4.05. The highest BCUT2D eigenvalue weighted by Gasteiger charge is 2.34. The highest BCUT2D eigenvalue weighted by molar-refractivity contribution is 7.54. The van der Waals surface area contributed by atoms with Gasteiger partial charge in [0.15, 0.2) is 0 Å². The first-order valence-corrected chi connectivity index (χ1v) is 5.34. The molecule has 2 atom stereocenters. The van der Waals surface area contributed by atoms with E-state index in [0.29, 0.717) is 13.0 Å². The quantitative estimate of drug-likeness (QED) is 0.616. The van der Waals surface area contributed by atoms with Gasteiger partial charge in [-0.3, -0.25) is 9.09 Å². The Balaban J connectivity index is 2.63. The molecule has 5 heteroatoms. The van der Waals surface area contributed by atoms with E-state index in [9.17, 15) is 4.57 Å². The van der Waals surface area contributed by atoms with Gasteiger partial charge in [0, 0.05) is 6.42 Å². The summed E-state index contributed by atoms with van der Waals surface area (Å²) in [5.41, 5.74) is 5.37. The Kier molecular flexibility index (Phi) is 2.70. The van der Waals surface area contributed by atoms with Crippen molar-refractivity contribution in [3.63, 3.8) is 0 Å². The zero-order valence-electron chi connectivity index (χ0n) is 6.82. The molecule has 0 saturated carbocycles. The topological polar surface area (TPSA) is 61.5 Å². The van der Waals surface area contributed by atoms with Crippen molar-refractivity contribution in [3.05, 3.63) is 0 Å². The highest BCUT2D eigenvalue weighted by Crippen LogP contribution is 2.55. The Labute approximate surface area is 66.6 Å². The van der Waals surface area contributed by atoms with Crippen LogP contribution in [0.1, 0.15) is 20.3 Å². The van der Waals surface area contributed by atoms with Crippen LogP contribution in [-0.2, 0) is 13.6 Å². The van der Waals surface area contributed by atoms with Gasteiger partial charge in [0.25, 0.3) is 0 Å². The Bertz CT molecular complexity index is 183. The summed E-state index contributed by atoms with van der Waals surface area (Å²) in [5.74, 6) is 0. The van der Waals surface area contributed by atoms with Gasteiger partial charge in [-0.05, 0) is 0 Å². The smallest absolute Gasteiger partial charge is 0.308 e. The molecule has 2 unspecified atom stereocenters. The number of hydrogen-bond donors (Lipinski definition) is 1. The monoisotopic (exact) mass is 179 g/mol. The van der Waals surface area contributed by atoms with Crippen molar-refractivity contribution in [2.24, 2.45) is 5.73 Å². The van der Waals surface area contributed by atoms with E-state index in [1.807, 2.05) is 0 Å². The maximum atomic E-state index is 11.6. The molecule has 0 aromatic heterocycles. The van der Waals surface area contributed by atoms with Crippen LogP contribution < -0.4 is 5.73 Å². The molecule has 0 spiro atoms. The largest absolute Gasteiger partial charge is 0.334 e. The second-order valence-corrected chi connectivity index (χ2v) is 5.48. The SMILES string of the molecule is CC(C)P1(=O)OCCC(N)O1. The predicted octanol–water partition coefficient (Wildman–Crippen LogP) is 1.31. The van der Waals surface area contributed by atoms with Gasteiger partial charge < -0.3 is 10.3 Å². The standard InChI is InChI=1S/C6H14NO3P/c1-5(2)11(8)9-4-3-6(7)10-11/h5-6H,3-4,7H2,1-2H3. The fourth-order valence-corrected chi connectivity index (χ4v) is 2.28. The van der Waals surface area contributed by atoms with Crippen LogP contribution in [0.2, 0.25) is 0 Å². The van der Waals surface area contributed by atoms with Crippen LogP contribution in [0.4, 0.5) is 0 Å². The van der Waals surface area contributed by atoms with Gasteiger partial charge >= 0.3 is 7.60 Å². The normalized spacial score (nSPS) is 39.5. The highest BCUT2D eigenvalue weighted by atomic mass is 31.2. The molecule has 4 nitrogen and oxygen atoms in total. The van der Waals surface area contributed by atoms with Crippen LogP contribution in [-0.4, -0.2) is 18.5 Å². The molecule has 1 heterocycles. The van der Waals surface area contributed by atoms with E-state index >= 15 is 0 Å². The molecule has 1 aliphatic rings. The van der Waals surface area contributed by atoms with E-state index in [1.54, 1.807) is 13.8 Å². The van der Waals surface area contributed by atoms with Crippen LogP contribution in [0.15, 0.2) is 0 Å². The molecule has 0 aromatic rings. The molecule has 66 valence electrons. The van der Waals surface area contributed by atoms with Crippen LogP contribution in [0.25, 0.3) is 0 Å². The Morgan fingerprint density at radius 3 is 2.64 bits per heavy atom. The summed E-state index contributed by atoms with van der Waals surface area (Å²) in [4.78, 5) is 0. The molecule has 0 amide bonds. The average Bonchev–Trinajstić information content (AvgIpc) is 1.86. The van der Waals surface area contributed by atoms with Crippen molar-refractivity contribution in [1.82, 2.24) is 0 Å². The molecule has 1 rings (SSSR count). The molecule has 1 saturated heterocycles. The average molecular weight is 179 g/mol. The van der Waals surface area contributed by atoms with Crippen LogP contribution in [0, 0.1) is 0 Å². The molecule has 1 aliphatic heterocycles. The summed E-state index contributed by atoms with van der Waals surface area (Å²) < 4.78 is 21.7. The molecule has 0 radical (unpaired) electrons. The third kappa shape index (κ3) is 2.03. The van der Waals surface area contributed by atoms with Crippen molar-refractivity contribution < 1.29 is 13.6 Å². The van der Waals surface area contributed by atoms with Gasteiger partial charge in [-0.15, -0.1) is 0 Å². The van der Waals surface area contributed by atoms with E-state index in [0.717, 1.165) is 0 Å².